The minimum atomic E-state index is -1.12. The first kappa shape index (κ1) is 15.3. The minimum Gasteiger partial charge on any atom is -0.379 e. The molecule has 1 amide bonds. The molecule has 120 valence electrons. The molecular formula is C17H30N2O2. The quantitative estimate of drug-likeness (QED) is 0.862. The van der Waals surface area contributed by atoms with E-state index in [0.29, 0.717) is 18.9 Å². The van der Waals surface area contributed by atoms with E-state index >= 15 is 0 Å². The van der Waals surface area contributed by atoms with Gasteiger partial charge in [-0.2, -0.15) is 0 Å². The monoisotopic (exact) mass is 294 g/mol. The summed E-state index contributed by atoms with van der Waals surface area (Å²) in [6, 6.07) is 0. The molecule has 0 bridgehead atoms. The van der Waals surface area contributed by atoms with Crippen LogP contribution in [0.25, 0.3) is 0 Å². The summed E-state index contributed by atoms with van der Waals surface area (Å²) in [5, 5.41) is 10.9. The van der Waals surface area contributed by atoms with Gasteiger partial charge in [0.1, 0.15) is 0 Å². The molecule has 2 aliphatic heterocycles. The van der Waals surface area contributed by atoms with Crippen LogP contribution in [-0.2, 0) is 4.79 Å². The van der Waals surface area contributed by atoms with Gasteiger partial charge in [0.05, 0.1) is 0 Å². The number of likely N-dealkylation sites (tertiary alicyclic amines) is 2. The van der Waals surface area contributed by atoms with E-state index in [2.05, 4.69) is 4.90 Å². The van der Waals surface area contributed by atoms with Crippen molar-refractivity contribution in [2.45, 2.75) is 63.4 Å². The molecule has 0 radical (unpaired) electrons. The number of hydrogen-bond donors (Lipinski definition) is 1. The smallest absolute Gasteiger partial charge is 0.255 e. The minimum absolute atomic E-state index is 0.00251. The third-order valence-electron chi connectivity index (χ3n) is 5.31. The highest BCUT2D eigenvalue weighted by molar-refractivity contribution is 5.86. The van der Waals surface area contributed by atoms with Gasteiger partial charge >= 0.3 is 0 Å². The third kappa shape index (κ3) is 3.98. The SMILES string of the molecule is O=C1N(CC2CC2)CCCC1(O)CN1CCCCCCC1. The van der Waals surface area contributed by atoms with Crippen LogP contribution in [0.5, 0.6) is 0 Å². The van der Waals surface area contributed by atoms with Crippen molar-refractivity contribution in [2.24, 2.45) is 5.92 Å². The zero-order valence-corrected chi connectivity index (χ0v) is 13.2. The van der Waals surface area contributed by atoms with Gasteiger partial charge in [-0.25, -0.2) is 0 Å². The molecule has 21 heavy (non-hydrogen) atoms. The Morgan fingerprint density at radius 3 is 2.33 bits per heavy atom. The van der Waals surface area contributed by atoms with Crippen LogP contribution in [0.2, 0.25) is 0 Å². The van der Waals surface area contributed by atoms with Gasteiger partial charge in [-0.3, -0.25) is 9.69 Å². The van der Waals surface area contributed by atoms with Crippen LogP contribution < -0.4 is 0 Å². The Morgan fingerprint density at radius 2 is 1.67 bits per heavy atom. The van der Waals surface area contributed by atoms with Gasteiger partial charge < -0.3 is 10.0 Å². The number of aliphatic hydroxyl groups is 1. The Morgan fingerprint density at radius 1 is 1.00 bits per heavy atom. The molecule has 2 heterocycles. The van der Waals surface area contributed by atoms with E-state index in [-0.39, 0.29) is 5.91 Å². The summed E-state index contributed by atoms with van der Waals surface area (Å²) in [5.74, 6) is 0.709. The Bertz CT molecular complexity index is 362. The number of piperidine rings is 1. The zero-order chi connectivity index (χ0) is 14.7. The first-order chi connectivity index (χ1) is 10.2. The van der Waals surface area contributed by atoms with Gasteiger partial charge in [0.15, 0.2) is 5.60 Å². The Balaban J connectivity index is 1.59. The normalized spacial score (nSPS) is 32.8. The summed E-state index contributed by atoms with van der Waals surface area (Å²) in [6.07, 6.45) is 10.4. The molecule has 1 aliphatic carbocycles. The highest BCUT2D eigenvalue weighted by Crippen LogP contribution is 2.33. The van der Waals surface area contributed by atoms with Gasteiger partial charge in [-0.05, 0) is 57.5 Å². The van der Waals surface area contributed by atoms with Crippen molar-refractivity contribution < 1.29 is 9.90 Å². The van der Waals surface area contributed by atoms with E-state index in [4.69, 9.17) is 0 Å². The molecule has 0 aromatic heterocycles. The van der Waals surface area contributed by atoms with E-state index < -0.39 is 5.60 Å². The average molecular weight is 294 g/mol. The molecule has 0 aromatic rings. The highest BCUT2D eigenvalue weighted by Gasteiger charge is 2.44. The maximum atomic E-state index is 12.7. The molecule has 1 saturated carbocycles. The zero-order valence-electron chi connectivity index (χ0n) is 13.2. The number of amides is 1. The standard InChI is InChI=1S/C17H30N2O2/c20-16-17(21,9-6-12-19(16)13-15-7-8-15)14-18-10-4-2-1-3-5-11-18/h15,21H,1-14H2. The second-order valence-electron chi connectivity index (χ2n) is 7.37. The van der Waals surface area contributed by atoms with E-state index in [1.165, 1.54) is 44.9 Å². The van der Waals surface area contributed by atoms with Gasteiger partial charge in [-0.1, -0.05) is 19.3 Å². The fourth-order valence-electron chi connectivity index (χ4n) is 3.84. The number of rotatable bonds is 4. The molecule has 3 aliphatic rings. The molecule has 0 aromatic carbocycles. The fraction of sp³-hybridized carbons (Fsp3) is 0.941. The lowest BCUT2D eigenvalue weighted by molar-refractivity contribution is -0.159. The van der Waals surface area contributed by atoms with Gasteiger partial charge in [0.2, 0.25) is 0 Å². The molecular weight excluding hydrogens is 264 g/mol. The van der Waals surface area contributed by atoms with E-state index in [0.717, 1.165) is 32.6 Å². The maximum Gasteiger partial charge on any atom is 0.255 e. The molecule has 1 atom stereocenters. The van der Waals surface area contributed by atoms with Crippen LogP contribution in [0.15, 0.2) is 0 Å². The molecule has 2 saturated heterocycles. The van der Waals surface area contributed by atoms with Crippen LogP contribution in [0.4, 0.5) is 0 Å². The largest absolute Gasteiger partial charge is 0.379 e. The van der Waals surface area contributed by atoms with Crippen molar-refractivity contribution in [1.82, 2.24) is 9.80 Å². The fourth-order valence-corrected chi connectivity index (χ4v) is 3.84. The predicted octanol–water partition coefficient (Wildman–Crippen LogP) is 2.02. The number of hydrogen-bond acceptors (Lipinski definition) is 3. The molecule has 3 rings (SSSR count). The summed E-state index contributed by atoms with van der Waals surface area (Å²) in [7, 11) is 0. The van der Waals surface area contributed by atoms with Gasteiger partial charge in [0.25, 0.3) is 5.91 Å². The molecule has 4 heteroatoms. The number of carbonyl (C=O) groups excluding carboxylic acids is 1. The summed E-state index contributed by atoms with van der Waals surface area (Å²) < 4.78 is 0. The van der Waals surface area contributed by atoms with Gasteiger partial charge in [0, 0.05) is 19.6 Å². The third-order valence-corrected chi connectivity index (χ3v) is 5.31. The lowest BCUT2D eigenvalue weighted by Crippen LogP contribution is -2.59. The average Bonchev–Trinajstić information content (AvgIpc) is 3.23. The Labute approximate surface area is 128 Å². The second kappa shape index (κ2) is 6.66. The van der Waals surface area contributed by atoms with E-state index in [1.807, 2.05) is 4.90 Å². The first-order valence-electron chi connectivity index (χ1n) is 8.91. The summed E-state index contributed by atoms with van der Waals surface area (Å²) in [5.41, 5.74) is -1.12. The number of nitrogens with zero attached hydrogens (tertiary/aromatic N) is 2. The van der Waals surface area contributed by atoms with E-state index in [1.54, 1.807) is 0 Å². The van der Waals surface area contributed by atoms with Crippen LogP contribution in [0.1, 0.15) is 57.8 Å². The van der Waals surface area contributed by atoms with Crippen molar-refractivity contribution in [1.29, 1.82) is 0 Å². The van der Waals surface area contributed by atoms with Crippen LogP contribution in [0, 0.1) is 5.92 Å². The first-order valence-corrected chi connectivity index (χ1v) is 8.91. The lowest BCUT2D eigenvalue weighted by atomic mass is 9.90. The van der Waals surface area contributed by atoms with Crippen LogP contribution in [0.3, 0.4) is 0 Å². The maximum absolute atomic E-state index is 12.7. The molecule has 0 spiro atoms. The van der Waals surface area contributed by atoms with Gasteiger partial charge in [-0.15, -0.1) is 0 Å². The summed E-state index contributed by atoms with van der Waals surface area (Å²) in [4.78, 5) is 17.0. The highest BCUT2D eigenvalue weighted by atomic mass is 16.3. The van der Waals surface area contributed by atoms with Crippen molar-refractivity contribution in [3.05, 3.63) is 0 Å². The topological polar surface area (TPSA) is 43.8 Å². The Hall–Kier alpha value is -0.610. The number of β-amino-alcohol motifs (C(OH)–C–C–N with tert-alkyl or cyclic N) is 1. The van der Waals surface area contributed by atoms with Crippen molar-refractivity contribution in [3.63, 3.8) is 0 Å². The van der Waals surface area contributed by atoms with Crippen LogP contribution in [-0.4, -0.2) is 59.1 Å². The predicted molar refractivity (Wildman–Crippen MR) is 83.0 cm³/mol. The number of carbonyl (C=O) groups is 1. The van der Waals surface area contributed by atoms with Crippen molar-refractivity contribution in [2.75, 3.05) is 32.7 Å². The second-order valence-corrected chi connectivity index (χ2v) is 7.37. The lowest BCUT2D eigenvalue weighted by Gasteiger charge is -2.41. The molecule has 1 N–H and O–H groups in total. The van der Waals surface area contributed by atoms with Crippen molar-refractivity contribution in [3.8, 4) is 0 Å². The molecule has 3 fully saturated rings. The van der Waals surface area contributed by atoms with E-state index in [9.17, 15) is 9.90 Å². The van der Waals surface area contributed by atoms with Crippen molar-refractivity contribution >= 4 is 5.91 Å². The summed E-state index contributed by atoms with van der Waals surface area (Å²) >= 11 is 0. The summed E-state index contributed by atoms with van der Waals surface area (Å²) in [6.45, 7) is 4.35. The van der Waals surface area contributed by atoms with Crippen LogP contribution >= 0.6 is 0 Å². The molecule has 4 nitrogen and oxygen atoms in total. The molecule has 1 unspecified atom stereocenters. The Kier molecular flexibility index (Phi) is 4.85.